The fourth-order valence-electron chi connectivity index (χ4n) is 5.27. The SMILES string of the molecule is O=c1c2cc(Cl)ccc2[nH]c2cc3c(=O)c4cc(Cl)ccc4n(C4CCCCC4)c3cc12. The fraction of sp³-hybridized carbons (Fsp3) is 0.231. The van der Waals surface area contributed by atoms with Crippen molar-refractivity contribution in [3.63, 3.8) is 0 Å². The van der Waals surface area contributed by atoms with Crippen LogP contribution in [0.4, 0.5) is 0 Å². The molecule has 32 heavy (non-hydrogen) atoms. The number of benzene rings is 3. The highest BCUT2D eigenvalue weighted by atomic mass is 35.5. The zero-order valence-electron chi connectivity index (χ0n) is 17.3. The fourth-order valence-corrected chi connectivity index (χ4v) is 5.62. The van der Waals surface area contributed by atoms with Gasteiger partial charge in [0.25, 0.3) is 0 Å². The van der Waals surface area contributed by atoms with Crippen LogP contribution in [-0.2, 0) is 0 Å². The lowest BCUT2D eigenvalue weighted by molar-refractivity contribution is 0.366. The summed E-state index contributed by atoms with van der Waals surface area (Å²) in [5.41, 5.74) is 2.86. The molecule has 160 valence electrons. The van der Waals surface area contributed by atoms with Gasteiger partial charge in [0.2, 0.25) is 0 Å². The van der Waals surface area contributed by atoms with Crippen molar-refractivity contribution in [2.45, 2.75) is 38.1 Å². The maximum atomic E-state index is 13.5. The van der Waals surface area contributed by atoms with Crippen LogP contribution < -0.4 is 10.9 Å². The van der Waals surface area contributed by atoms with Gasteiger partial charge in [-0.05, 0) is 61.4 Å². The number of hydrogen-bond donors (Lipinski definition) is 1. The monoisotopic (exact) mass is 462 g/mol. The van der Waals surface area contributed by atoms with Crippen molar-refractivity contribution in [1.82, 2.24) is 9.55 Å². The van der Waals surface area contributed by atoms with E-state index in [4.69, 9.17) is 23.2 Å². The molecule has 1 saturated carbocycles. The molecule has 5 aromatic rings. The standard InChI is InChI=1S/C26H20Cl2N2O2/c27-14-6-8-21-17(10-14)25(31)18-13-24-20(12-22(18)29-21)26(32)19-11-15(28)7-9-23(19)30(24)16-4-2-1-3-5-16/h6-13,16H,1-5H2,(H,29,31). The number of H-pyrrole nitrogens is 1. The van der Waals surface area contributed by atoms with E-state index in [-0.39, 0.29) is 16.9 Å². The first-order chi connectivity index (χ1) is 15.5. The number of hydrogen-bond acceptors (Lipinski definition) is 2. The number of nitrogens with one attached hydrogen (secondary N) is 1. The highest BCUT2D eigenvalue weighted by molar-refractivity contribution is 6.31. The first-order valence-electron chi connectivity index (χ1n) is 10.9. The van der Waals surface area contributed by atoms with Crippen LogP contribution in [0.1, 0.15) is 38.1 Å². The van der Waals surface area contributed by atoms with Crippen molar-refractivity contribution in [3.8, 4) is 0 Å². The second kappa shape index (κ2) is 7.36. The topological polar surface area (TPSA) is 54.9 Å². The molecule has 0 saturated heterocycles. The van der Waals surface area contributed by atoms with Crippen molar-refractivity contribution in [1.29, 1.82) is 0 Å². The highest BCUT2D eigenvalue weighted by Gasteiger charge is 2.21. The van der Waals surface area contributed by atoms with E-state index >= 15 is 0 Å². The van der Waals surface area contributed by atoms with Crippen LogP contribution in [0.25, 0.3) is 43.6 Å². The normalized spacial score (nSPS) is 15.3. The quantitative estimate of drug-likeness (QED) is 0.273. The molecule has 4 nitrogen and oxygen atoms in total. The van der Waals surface area contributed by atoms with E-state index in [1.807, 2.05) is 24.3 Å². The lowest BCUT2D eigenvalue weighted by Crippen LogP contribution is -2.19. The van der Waals surface area contributed by atoms with Crippen LogP contribution in [0.2, 0.25) is 10.0 Å². The first-order valence-corrected chi connectivity index (χ1v) is 11.7. The van der Waals surface area contributed by atoms with Crippen LogP contribution in [0.15, 0.2) is 58.1 Å². The Bertz CT molecular complexity index is 1680. The third-order valence-electron chi connectivity index (χ3n) is 6.78. The molecule has 0 radical (unpaired) electrons. The van der Waals surface area contributed by atoms with Gasteiger partial charge in [-0.15, -0.1) is 0 Å². The molecule has 6 heteroatoms. The predicted octanol–water partition coefficient (Wildman–Crippen LogP) is 6.96. The summed E-state index contributed by atoms with van der Waals surface area (Å²) in [5.74, 6) is 0. The number of rotatable bonds is 1. The summed E-state index contributed by atoms with van der Waals surface area (Å²) in [4.78, 5) is 30.2. The maximum absolute atomic E-state index is 13.5. The highest BCUT2D eigenvalue weighted by Crippen LogP contribution is 2.35. The number of pyridine rings is 2. The molecule has 3 aromatic carbocycles. The van der Waals surface area contributed by atoms with E-state index in [2.05, 4.69) is 9.55 Å². The molecular formula is C26H20Cl2N2O2. The third kappa shape index (κ3) is 2.97. The van der Waals surface area contributed by atoms with Gasteiger partial charge >= 0.3 is 0 Å². The molecule has 1 aliphatic rings. The van der Waals surface area contributed by atoms with Gasteiger partial charge in [-0.3, -0.25) is 9.59 Å². The molecule has 1 N–H and O–H groups in total. The van der Waals surface area contributed by atoms with E-state index in [1.165, 1.54) is 6.42 Å². The third-order valence-corrected chi connectivity index (χ3v) is 7.25. The molecule has 6 rings (SSSR count). The summed E-state index contributed by atoms with van der Waals surface area (Å²) in [7, 11) is 0. The maximum Gasteiger partial charge on any atom is 0.197 e. The second-order valence-electron chi connectivity index (χ2n) is 8.71. The Morgan fingerprint density at radius 3 is 2.09 bits per heavy atom. The molecule has 2 aromatic heterocycles. The van der Waals surface area contributed by atoms with Crippen molar-refractivity contribution in [3.05, 3.63) is 79.0 Å². The minimum Gasteiger partial charge on any atom is -0.354 e. The minimum absolute atomic E-state index is 0.0662. The Labute approximate surface area is 193 Å². The molecule has 0 aliphatic heterocycles. The summed E-state index contributed by atoms with van der Waals surface area (Å²) in [6.45, 7) is 0. The smallest absolute Gasteiger partial charge is 0.197 e. The lowest BCUT2D eigenvalue weighted by Gasteiger charge is -2.28. The van der Waals surface area contributed by atoms with E-state index < -0.39 is 0 Å². The lowest BCUT2D eigenvalue weighted by atomic mass is 9.93. The summed E-state index contributed by atoms with van der Waals surface area (Å²) >= 11 is 12.4. The summed E-state index contributed by atoms with van der Waals surface area (Å²) < 4.78 is 2.27. The van der Waals surface area contributed by atoms with Gasteiger partial charge in [-0.1, -0.05) is 42.5 Å². The van der Waals surface area contributed by atoms with Crippen molar-refractivity contribution >= 4 is 66.8 Å². The second-order valence-corrected chi connectivity index (χ2v) is 9.58. The zero-order chi connectivity index (χ0) is 22.0. The van der Waals surface area contributed by atoms with Crippen LogP contribution in [0.5, 0.6) is 0 Å². The van der Waals surface area contributed by atoms with Crippen molar-refractivity contribution in [2.75, 3.05) is 0 Å². The minimum atomic E-state index is -0.0861. The van der Waals surface area contributed by atoms with E-state index in [0.717, 1.165) is 36.7 Å². The average Bonchev–Trinajstić information content (AvgIpc) is 2.80. The van der Waals surface area contributed by atoms with Crippen LogP contribution in [0, 0.1) is 0 Å². The molecule has 0 bridgehead atoms. The average molecular weight is 463 g/mol. The number of aromatic amines is 1. The molecule has 2 heterocycles. The van der Waals surface area contributed by atoms with Gasteiger partial charge in [-0.25, -0.2) is 0 Å². The molecule has 1 aliphatic carbocycles. The molecular weight excluding hydrogens is 443 g/mol. The van der Waals surface area contributed by atoms with Gasteiger partial charge < -0.3 is 9.55 Å². The molecule has 0 spiro atoms. The van der Waals surface area contributed by atoms with E-state index in [0.29, 0.717) is 42.6 Å². The van der Waals surface area contributed by atoms with E-state index in [1.54, 1.807) is 24.3 Å². The largest absolute Gasteiger partial charge is 0.354 e. The number of nitrogens with zero attached hydrogens (tertiary/aromatic N) is 1. The number of halogens is 2. The van der Waals surface area contributed by atoms with Gasteiger partial charge in [0, 0.05) is 43.1 Å². The molecule has 0 atom stereocenters. The zero-order valence-corrected chi connectivity index (χ0v) is 18.8. The van der Waals surface area contributed by atoms with Gasteiger partial charge in [0.1, 0.15) is 0 Å². The summed E-state index contributed by atoms with van der Waals surface area (Å²) in [6, 6.07) is 14.7. The number of aromatic nitrogens is 2. The Morgan fingerprint density at radius 2 is 1.31 bits per heavy atom. The van der Waals surface area contributed by atoms with Crippen LogP contribution in [0.3, 0.4) is 0 Å². The Morgan fingerprint density at radius 1 is 0.688 bits per heavy atom. The Hall–Kier alpha value is -2.82. The van der Waals surface area contributed by atoms with E-state index in [9.17, 15) is 9.59 Å². The van der Waals surface area contributed by atoms with Crippen molar-refractivity contribution < 1.29 is 0 Å². The Balaban J connectivity index is 1.81. The Kier molecular flexibility index (Phi) is 4.56. The van der Waals surface area contributed by atoms with Crippen molar-refractivity contribution in [2.24, 2.45) is 0 Å². The summed E-state index contributed by atoms with van der Waals surface area (Å²) in [5, 5.41) is 3.38. The predicted molar refractivity (Wildman–Crippen MR) is 133 cm³/mol. The van der Waals surface area contributed by atoms with Gasteiger partial charge in [0.05, 0.1) is 16.6 Å². The molecule has 0 amide bonds. The van der Waals surface area contributed by atoms with Gasteiger partial charge in [0.15, 0.2) is 10.9 Å². The molecule has 0 unspecified atom stereocenters. The number of fused-ring (bicyclic) bond motifs is 4. The van der Waals surface area contributed by atoms with Gasteiger partial charge in [-0.2, -0.15) is 0 Å². The molecule has 1 fully saturated rings. The first kappa shape index (κ1) is 19.8. The summed E-state index contributed by atoms with van der Waals surface area (Å²) in [6.07, 6.45) is 5.65. The van der Waals surface area contributed by atoms with Crippen LogP contribution in [-0.4, -0.2) is 9.55 Å². The van der Waals surface area contributed by atoms with Crippen LogP contribution >= 0.6 is 23.2 Å².